The molecule has 5 heteroatoms. The van der Waals surface area contributed by atoms with E-state index in [2.05, 4.69) is 47.1 Å². The molecule has 26 heavy (non-hydrogen) atoms. The standard InChI is InChI=1S/C21H23N3S2/c1-17-2-4-19(5-3-17)15-23-10-12-24(13-11-23)21(25)26-16-20-8-6-18(14-22)7-9-20/h2-9H,10-13,15-16H2,1H3. The lowest BCUT2D eigenvalue weighted by Gasteiger charge is -2.36. The Balaban J connectivity index is 1.42. The maximum absolute atomic E-state index is 8.86. The molecule has 0 radical (unpaired) electrons. The molecular weight excluding hydrogens is 358 g/mol. The van der Waals surface area contributed by atoms with Gasteiger partial charge in [0.25, 0.3) is 0 Å². The fourth-order valence-electron chi connectivity index (χ4n) is 2.95. The summed E-state index contributed by atoms with van der Waals surface area (Å²) in [5.41, 5.74) is 4.59. The van der Waals surface area contributed by atoms with Crippen LogP contribution >= 0.6 is 24.0 Å². The number of nitrogens with zero attached hydrogens (tertiary/aromatic N) is 3. The smallest absolute Gasteiger partial charge is 0.136 e. The number of thioether (sulfide) groups is 1. The van der Waals surface area contributed by atoms with Gasteiger partial charge in [-0.15, -0.1) is 0 Å². The number of benzene rings is 2. The number of aryl methyl sites for hydroxylation is 1. The largest absolute Gasteiger partial charge is 0.355 e. The average Bonchev–Trinajstić information content (AvgIpc) is 2.69. The van der Waals surface area contributed by atoms with Crippen molar-refractivity contribution < 1.29 is 0 Å². The Morgan fingerprint density at radius 2 is 1.62 bits per heavy atom. The van der Waals surface area contributed by atoms with Crippen LogP contribution in [0.3, 0.4) is 0 Å². The normalized spacial score (nSPS) is 14.8. The van der Waals surface area contributed by atoms with Crippen molar-refractivity contribution in [3.05, 3.63) is 70.8 Å². The highest BCUT2D eigenvalue weighted by molar-refractivity contribution is 8.22. The minimum atomic E-state index is 0.700. The van der Waals surface area contributed by atoms with Gasteiger partial charge in [-0.05, 0) is 30.2 Å². The number of rotatable bonds is 4. The summed E-state index contributed by atoms with van der Waals surface area (Å²) < 4.78 is 0.976. The Bertz CT molecular complexity index is 770. The monoisotopic (exact) mass is 381 g/mol. The van der Waals surface area contributed by atoms with E-state index in [1.807, 2.05) is 24.3 Å². The Labute approximate surface area is 165 Å². The molecule has 0 aliphatic carbocycles. The predicted molar refractivity (Wildman–Crippen MR) is 113 cm³/mol. The van der Waals surface area contributed by atoms with Crippen molar-refractivity contribution in [2.75, 3.05) is 26.2 Å². The first-order valence-corrected chi connectivity index (χ1v) is 10.2. The molecular formula is C21H23N3S2. The number of nitriles is 1. The molecule has 0 unspecified atom stereocenters. The number of hydrogen-bond acceptors (Lipinski definition) is 4. The van der Waals surface area contributed by atoms with Crippen LogP contribution < -0.4 is 0 Å². The third-order valence-corrected chi connectivity index (χ3v) is 6.20. The number of hydrogen-bond donors (Lipinski definition) is 0. The van der Waals surface area contributed by atoms with Gasteiger partial charge < -0.3 is 4.90 Å². The van der Waals surface area contributed by atoms with Crippen molar-refractivity contribution in [3.8, 4) is 6.07 Å². The molecule has 0 bridgehead atoms. The molecule has 134 valence electrons. The molecule has 0 saturated carbocycles. The summed E-state index contributed by atoms with van der Waals surface area (Å²) in [5.74, 6) is 0.855. The Morgan fingerprint density at radius 1 is 1.00 bits per heavy atom. The lowest BCUT2D eigenvalue weighted by Crippen LogP contribution is -2.47. The highest BCUT2D eigenvalue weighted by Crippen LogP contribution is 2.19. The summed E-state index contributed by atoms with van der Waals surface area (Å²) in [7, 11) is 0. The van der Waals surface area contributed by atoms with E-state index in [4.69, 9.17) is 17.5 Å². The second kappa shape index (κ2) is 9.18. The Hall–Kier alpha value is -1.87. The number of thiocarbonyl (C=S) groups is 1. The average molecular weight is 382 g/mol. The second-order valence-corrected chi connectivity index (χ2v) is 8.22. The van der Waals surface area contributed by atoms with Crippen LogP contribution in [0, 0.1) is 18.3 Å². The van der Waals surface area contributed by atoms with Gasteiger partial charge in [0.2, 0.25) is 0 Å². The molecule has 0 amide bonds. The molecule has 1 heterocycles. The van der Waals surface area contributed by atoms with E-state index in [0.717, 1.165) is 42.8 Å². The van der Waals surface area contributed by atoms with E-state index in [0.29, 0.717) is 5.56 Å². The zero-order chi connectivity index (χ0) is 18.4. The minimum absolute atomic E-state index is 0.700. The summed E-state index contributed by atoms with van der Waals surface area (Å²) >= 11 is 7.33. The molecule has 1 aliphatic rings. The maximum Gasteiger partial charge on any atom is 0.136 e. The first-order valence-electron chi connectivity index (χ1n) is 8.83. The number of piperazine rings is 1. The lowest BCUT2D eigenvalue weighted by atomic mass is 10.1. The summed E-state index contributed by atoms with van der Waals surface area (Å²) in [6, 6.07) is 18.7. The van der Waals surface area contributed by atoms with Gasteiger partial charge in [0, 0.05) is 38.5 Å². The van der Waals surface area contributed by atoms with E-state index in [9.17, 15) is 0 Å². The van der Waals surface area contributed by atoms with Gasteiger partial charge in [-0.2, -0.15) is 5.26 Å². The van der Waals surface area contributed by atoms with Crippen molar-refractivity contribution in [1.82, 2.24) is 9.80 Å². The van der Waals surface area contributed by atoms with Crippen LogP contribution in [0.4, 0.5) is 0 Å². The van der Waals surface area contributed by atoms with Gasteiger partial charge in [-0.1, -0.05) is 65.9 Å². The van der Waals surface area contributed by atoms with Crippen molar-refractivity contribution in [2.45, 2.75) is 19.2 Å². The summed E-state index contributed by atoms with van der Waals surface area (Å²) in [4.78, 5) is 4.81. The molecule has 0 atom stereocenters. The van der Waals surface area contributed by atoms with E-state index >= 15 is 0 Å². The summed E-state index contributed by atoms with van der Waals surface area (Å²) in [5, 5.41) is 8.86. The quantitative estimate of drug-likeness (QED) is 0.741. The van der Waals surface area contributed by atoms with Crippen LogP contribution in [0.5, 0.6) is 0 Å². The first-order chi connectivity index (χ1) is 12.6. The van der Waals surface area contributed by atoms with E-state index in [1.165, 1.54) is 16.7 Å². The zero-order valence-electron chi connectivity index (χ0n) is 15.0. The fourth-order valence-corrected chi connectivity index (χ4v) is 4.16. The van der Waals surface area contributed by atoms with Crippen molar-refractivity contribution >= 4 is 28.3 Å². The van der Waals surface area contributed by atoms with Crippen molar-refractivity contribution in [3.63, 3.8) is 0 Å². The van der Waals surface area contributed by atoms with Crippen LogP contribution in [0.2, 0.25) is 0 Å². The highest BCUT2D eigenvalue weighted by atomic mass is 32.2. The third kappa shape index (κ3) is 5.31. The Kier molecular flexibility index (Phi) is 6.67. The van der Waals surface area contributed by atoms with Gasteiger partial charge in [0.15, 0.2) is 0 Å². The predicted octanol–water partition coefficient (Wildman–Crippen LogP) is 4.20. The van der Waals surface area contributed by atoms with Gasteiger partial charge in [-0.3, -0.25) is 4.90 Å². The SMILES string of the molecule is Cc1ccc(CN2CCN(C(=S)SCc3ccc(C#N)cc3)CC2)cc1. The van der Waals surface area contributed by atoms with Gasteiger partial charge in [-0.25, -0.2) is 0 Å². The van der Waals surface area contributed by atoms with E-state index < -0.39 is 0 Å². The molecule has 1 fully saturated rings. The van der Waals surface area contributed by atoms with Gasteiger partial charge >= 0.3 is 0 Å². The maximum atomic E-state index is 8.86. The van der Waals surface area contributed by atoms with Crippen LogP contribution in [0.1, 0.15) is 22.3 Å². The molecule has 2 aromatic carbocycles. The molecule has 0 aromatic heterocycles. The third-order valence-electron chi connectivity index (χ3n) is 4.60. The topological polar surface area (TPSA) is 30.3 Å². The molecule has 1 aliphatic heterocycles. The zero-order valence-corrected chi connectivity index (χ0v) is 16.7. The van der Waals surface area contributed by atoms with Crippen molar-refractivity contribution in [2.24, 2.45) is 0 Å². The molecule has 0 spiro atoms. The Morgan fingerprint density at radius 3 is 2.23 bits per heavy atom. The summed E-state index contributed by atoms with van der Waals surface area (Å²) in [6.07, 6.45) is 0. The first kappa shape index (κ1) is 18.9. The molecule has 1 saturated heterocycles. The highest BCUT2D eigenvalue weighted by Gasteiger charge is 2.19. The molecule has 3 rings (SSSR count). The van der Waals surface area contributed by atoms with Gasteiger partial charge in [0.05, 0.1) is 11.6 Å². The van der Waals surface area contributed by atoms with Gasteiger partial charge in [0.1, 0.15) is 4.32 Å². The van der Waals surface area contributed by atoms with Crippen LogP contribution in [-0.4, -0.2) is 40.3 Å². The molecule has 2 aromatic rings. The van der Waals surface area contributed by atoms with Crippen LogP contribution in [0.15, 0.2) is 48.5 Å². The molecule has 3 nitrogen and oxygen atoms in total. The minimum Gasteiger partial charge on any atom is -0.355 e. The van der Waals surface area contributed by atoms with Crippen LogP contribution in [0.25, 0.3) is 0 Å². The fraction of sp³-hybridized carbons (Fsp3) is 0.333. The van der Waals surface area contributed by atoms with E-state index in [1.54, 1.807) is 11.8 Å². The lowest BCUT2D eigenvalue weighted by molar-refractivity contribution is 0.179. The summed E-state index contributed by atoms with van der Waals surface area (Å²) in [6.45, 7) is 7.21. The van der Waals surface area contributed by atoms with Crippen molar-refractivity contribution in [1.29, 1.82) is 5.26 Å². The molecule has 0 N–H and O–H groups in total. The van der Waals surface area contributed by atoms with Crippen LogP contribution in [-0.2, 0) is 12.3 Å². The van der Waals surface area contributed by atoms with E-state index in [-0.39, 0.29) is 0 Å². The second-order valence-electron chi connectivity index (χ2n) is 6.61.